The zero-order valence-corrected chi connectivity index (χ0v) is 20.5. The van der Waals surface area contributed by atoms with Gasteiger partial charge < -0.3 is 4.57 Å². The SMILES string of the molecule is CC(C)[C@@H]1CC[C@@H](C)CC1[P@@](=O)(c1ccccc1)[C@H](NC(C)(C)C)c1ccccc1. The van der Waals surface area contributed by atoms with Crippen LogP contribution in [0.5, 0.6) is 0 Å². The molecule has 164 valence electrons. The molecule has 5 atom stereocenters. The third-order valence-electron chi connectivity index (χ3n) is 6.71. The van der Waals surface area contributed by atoms with E-state index in [0.717, 1.165) is 17.3 Å². The largest absolute Gasteiger partial charge is 0.316 e. The van der Waals surface area contributed by atoms with Crippen LogP contribution in [0.25, 0.3) is 0 Å². The Morgan fingerprint density at radius 1 is 0.933 bits per heavy atom. The highest BCUT2D eigenvalue weighted by atomic mass is 31.2. The summed E-state index contributed by atoms with van der Waals surface area (Å²) < 4.78 is 15.5. The minimum Gasteiger partial charge on any atom is -0.316 e. The zero-order valence-electron chi connectivity index (χ0n) is 19.6. The Morgan fingerprint density at radius 3 is 2.03 bits per heavy atom. The van der Waals surface area contributed by atoms with E-state index >= 15 is 4.57 Å². The van der Waals surface area contributed by atoms with Crippen molar-refractivity contribution in [2.75, 3.05) is 0 Å². The number of benzene rings is 2. The molecule has 3 heteroatoms. The molecule has 0 heterocycles. The summed E-state index contributed by atoms with van der Waals surface area (Å²) in [5.74, 6) is 1.46. The van der Waals surface area contributed by atoms with Crippen LogP contribution >= 0.6 is 7.14 Å². The molecule has 1 unspecified atom stereocenters. The molecular formula is C27H40NOP. The smallest absolute Gasteiger partial charge is 0.139 e. The lowest BCUT2D eigenvalue weighted by Gasteiger charge is -2.46. The summed E-state index contributed by atoms with van der Waals surface area (Å²) in [5.41, 5.74) is 1.20. The van der Waals surface area contributed by atoms with Gasteiger partial charge >= 0.3 is 0 Å². The van der Waals surface area contributed by atoms with Crippen molar-refractivity contribution in [1.29, 1.82) is 0 Å². The molecule has 2 nitrogen and oxygen atoms in total. The summed E-state index contributed by atoms with van der Waals surface area (Å²) in [5, 5.41) is 4.85. The van der Waals surface area contributed by atoms with Gasteiger partial charge in [0.05, 0.1) is 5.78 Å². The molecule has 1 aliphatic carbocycles. The van der Waals surface area contributed by atoms with Crippen LogP contribution in [-0.4, -0.2) is 11.2 Å². The van der Waals surface area contributed by atoms with Gasteiger partial charge in [0, 0.05) is 16.5 Å². The topological polar surface area (TPSA) is 29.1 Å². The van der Waals surface area contributed by atoms with Crippen LogP contribution in [0.1, 0.15) is 72.2 Å². The number of rotatable bonds is 6. The maximum atomic E-state index is 15.5. The maximum absolute atomic E-state index is 15.5. The molecule has 3 rings (SSSR count). The van der Waals surface area contributed by atoms with Crippen molar-refractivity contribution in [1.82, 2.24) is 5.32 Å². The van der Waals surface area contributed by atoms with Crippen LogP contribution in [-0.2, 0) is 4.57 Å². The highest BCUT2D eigenvalue weighted by Gasteiger charge is 2.49. The molecule has 0 radical (unpaired) electrons. The summed E-state index contributed by atoms with van der Waals surface area (Å²) in [6.07, 6.45) is 3.47. The first kappa shape index (κ1) is 23.3. The van der Waals surface area contributed by atoms with Crippen molar-refractivity contribution in [3.63, 3.8) is 0 Å². The monoisotopic (exact) mass is 425 g/mol. The summed E-state index contributed by atoms with van der Waals surface area (Å²) in [7, 11) is -2.83. The maximum Gasteiger partial charge on any atom is 0.139 e. The third-order valence-corrected chi connectivity index (χ3v) is 10.6. The summed E-state index contributed by atoms with van der Waals surface area (Å²) in [4.78, 5) is 0. The average Bonchev–Trinajstić information content (AvgIpc) is 2.72. The van der Waals surface area contributed by atoms with Crippen molar-refractivity contribution < 1.29 is 4.57 Å². The van der Waals surface area contributed by atoms with E-state index in [4.69, 9.17) is 0 Å². The van der Waals surface area contributed by atoms with Gasteiger partial charge in [0.15, 0.2) is 0 Å². The van der Waals surface area contributed by atoms with Gasteiger partial charge in [-0.1, -0.05) is 87.9 Å². The summed E-state index contributed by atoms with van der Waals surface area (Å²) in [6.45, 7) is 13.5. The second-order valence-electron chi connectivity index (χ2n) is 10.6. The molecule has 2 aromatic rings. The first-order valence-electron chi connectivity index (χ1n) is 11.6. The second kappa shape index (κ2) is 9.41. The Kier molecular flexibility index (Phi) is 7.31. The van der Waals surface area contributed by atoms with Crippen molar-refractivity contribution in [3.05, 3.63) is 66.2 Å². The fraction of sp³-hybridized carbons (Fsp3) is 0.556. The van der Waals surface area contributed by atoms with Gasteiger partial charge in [0.2, 0.25) is 0 Å². The molecule has 30 heavy (non-hydrogen) atoms. The molecule has 0 spiro atoms. The normalized spacial score (nSPS) is 25.6. The van der Waals surface area contributed by atoms with Gasteiger partial charge in [-0.05, 0) is 56.9 Å². The molecule has 0 amide bonds. The molecule has 1 fully saturated rings. The van der Waals surface area contributed by atoms with Crippen LogP contribution in [0.4, 0.5) is 0 Å². The van der Waals surface area contributed by atoms with E-state index < -0.39 is 7.14 Å². The van der Waals surface area contributed by atoms with Crippen molar-refractivity contribution in [2.24, 2.45) is 17.8 Å². The average molecular weight is 426 g/mol. The van der Waals surface area contributed by atoms with Gasteiger partial charge in [-0.2, -0.15) is 0 Å². The molecule has 2 aromatic carbocycles. The number of nitrogens with one attached hydrogen (secondary N) is 1. The Bertz CT molecular complexity index is 840. The minimum atomic E-state index is -2.83. The predicted molar refractivity (Wildman–Crippen MR) is 131 cm³/mol. The van der Waals surface area contributed by atoms with E-state index in [1.54, 1.807) is 0 Å². The molecule has 0 saturated heterocycles. The first-order chi connectivity index (χ1) is 14.1. The lowest BCUT2D eigenvalue weighted by molar-refractivity contribution is 0.234. The quantitative estimate of drug-likeness (QED) is 0.495. The summed E-state index contributed by atoms with van der Waals surface area (Å²) >= 11 is 0. The molecule has 0 aromatic heterocycles. The minimum absolute atomic E-state index is 0.140. The molecule has 1 saturated carbocycles. The van der Waals surface area contributed by atoms with E-state index in [1.165, 1.54) is 12.8 Å². The van der Waals surface area contributed by atoms with E-state index in [2.05, 4.69) is 95.4 Å². The highest BCUT2D eigenvalue weighted by molar-refractivity contribution is 7.72. The lowest BCUT2D eigenvalue weighted by atomic mass is 9.77. The lowest BCUT2D eigenvalue weighted by Crippen LogP contribution is -2.44. The van der Waals surface area contributed by atoms with Crippen molar-refractivity contribution >= 4 is 12.4 Å². The van der Waals surface area contributed by atoms with Crippen LogP contribution in [0.2, 0.25) is 0 Å². The second-order valence-corrected chi connectivity index (χ2v) is 13.8. The van der Waals surface area contributed by atoms with Crippen molar-refractivity contribution in [2.45, 2.75) is 77.8 Å². The zero-order chi connectivity index (χ0) is 21.9. The predicted octanol–water partition coefficient (Wildman–Crippen LogP) is 7.22. The highest BCUT2D eigenvalue weighted by Crippen LogP contribution is 2.66. The van der Waals surface area contributed by atoms with Gasteiger partial charge in [0.25, 0.3) is 0 Å². The Morgan fingerprint density at radius 2 is 1.50 bits per heavy atom. The Balaban J connectivity index is 2.23. The molecule has 0 bridgehead atoms. The van der Waals surface area contributed by atoms with Crippen LogP contribution < -0.4 is 10.6 Å². The van der Waals surface area contributed by atoms with E-state index in [1.807, 2.05) is 12.1 Å². The first-order valence-corrected chi connectivity index (χ1v) is 13.4. The third kappa shape index (κ3) is 5.09. The number of hydrogen-bond donors (Lipinski definition) is 1. The van der Waals surface area contributed by atoms with E-state index in [-0.39, 0.29) is 17.0 Å². The van der Waals surface area contributed by atoms with E-state index in [0.29, 0.717) is 17.8 Å². The molecule has 1 aliphatic rings. The van der Waals surface area contributed by atoms with Crippen molar-refractivity contribution in [3.8, 4) is 0 Å². The molecular weight excluding hydrogens is 385 g/mol. The molecule has 1 N–H and O–H groups in total. The number of hydrogen-bond acceptors (Lipinski definition) is 2. The van der Waals surface area contributed by atoms with Gasteiger partial charge in [0.1, 0.15) is 7.14 Å². The summed E-state index contributed by atoms with van der Waals surface area (Å²) in [6, 6.07) is 20.9. The van der Waals surface area contributed by atoms with Crippen LogP contribution in [0, 0.1) is 17.8 Å². The Hall–Kier alpha value is -1.37. The van der Waals surface area contributed by atoms with Gasteiger partial charge in [-0.25, -0.2) is 0 Å². The van der Waals surface area contributed by atoms with E-state index in [9.17, 15) is 0 Å². The van der Waals surface area contributed by atoms with Crippen LogP contribution in [0.3, 0.4) is 0 Å². The van der Waals surface area contributed by atoms with Gasteiger partial charge in [-0.15, -0.1) is 0 Å². The fourth-order valence-corrected chi connectivity index (χ4v) is 9.86. The molecule has 0 aliphatic heterocycles. The van der Waals surface area contributed by atoms with Gasteiger partial charge in [-0.3, -0.25) is 5.32 Å². The standard InChI is InChI=1S/C27H40NOP/c1-20(2)24-18-17-21(3)19-25(24)30(29,23-15-11-8-12-16-23)26(28-27(4,5)6)22-13-9-7-10-14-22/h7-16,20-21,24-26,28H,17-19H2,1-6H3/t21-,24+,25?,26+,30+/m1/s1. The van der Waals surface area contributed by atoms with Crippen LogP contribution in [0.15, 0.2) is 60.7 Å². The fourth-order valence-electron chi connectivity index (χ4n) is 5.23. The Labute approximate surface area is 184 Å².